The molecule has 1 amide bonds. The minimum atomic E-state index is -1.37. The van der Waals surface area contributed by atoms with Crippen LogP contribution in [0.3, 0.4) is 0 Å². The largest absolute Gasteiger partial charge is 0.363 e. The molecule has 2 saturated heterocycles. The number of amides is 1. The average Bonchev–Trinajstić information content (AvgIpc) is 2.89. The van der Waals surface area contributed by atoms with E-state index in [2.05, 4.69) is 0 Å². The first-order valence-electron chi connectivity index (χ1n) is 6.53. The second kappa shape index (κ2) is 4.58. The second-order valence-electron chi connectivity index (χ2n) is 5.05. The van der Waals surface area contributed by atoms with E-state index in [0.29, 0.717) is 24.6 Å². The van der Waals surface area contributed by atoms with Gasteiger partial charge in [-0.2, -0.15) is 0 Å². The molecule has 0 aliphatic carbocycles. The highest BCUT2D eigenvalue weighted by molar-refractivity contribution is 7.80. The number of aliphatic hydroxyl groups is 1. The lowest BCUT2D eigenvalue weighted by atomic mass is 10.1. The summed E-state index contributed by atoms with van der Waals surface area (Å²) in [4.78, 5) is 15.5. The summed E-state index contributed by atoms with van der Waals surface area (Å²) >= 11 is 5.31. The third-order valence-electron chi connectivity index (χ3n) is 3.87. The van der Waals surface area contributed by atoms with Crippen LogP contribution in [0.5, 0.6) is 0 Å². The maximum absolute atomic E-state index is 12.3. The van der Waals surface area contributed by atoms with Crippen LogP contribution in [0.1, 0.15) is 18.4 Å². The van der Waals surface area contributed by atoms with Crippen LogP contribution in [0.25, 0.3) is 0 Å². The Labute approximate surface area is 117 Å². The summed E-state index contributed by atoms with van der Waals surface area (Å²) in [6, 6.07) is 9.98. The molecule has 0 aromatic heterocycles. The number of nitrogens with zero attached hydrogens (tertiary/aromatic N) is 2. The van der Waals surface area contributed by atoms with E-state index in [1.54, 1.807) is 9.80 Å². The zero-order chi connectivity index (χ0) is 13.5. The smallest absolute Gasteiger partial charge is 0.282 e. The molecule has 0 unspecified atom stereocenters. The molecule has 2 aliphatic rings. The maximum Gasteiger partial charge on any atom is 0.282 e. The fraction of sp³-hybridized carbons (Fsp3) is 0.429. The van der Waals surface area contributed by atoms with Crippen molar-refractivity contribution < 1.29 is 9.90 Å². The molecule has 0 saturated carbocycles. The first-order valence-corrected chi connectivity index (χ1v) is 6.93. The first kappa shape index (κ1) is 12.6. The molecule has 1 aromatic carbocycles. The van der Waals surface area contributed by atoms with Crippen LogP contribution >= 0.6 is 12.2 Å². The lowest BCUT2D eigenvalue weighted by molar-refractivity contribution is -0.149. The topological polar surface area (TPSA) is 43.8 Å². The van der Waals surface area contributed by atoms with Crippen LogP contribution in [-0.2, 0) is 11.2 Å². The van der Waals surface area contributed by atoms with E-state index in [0.717, 1.165) is 18.4 Å². The molecule has 0 radical (unpaired) electrons. The van der Waals surface area contributed by atoms with Crippen molar-refractivity contribution in [2.24, 2.45) is 0 Å². The third-order valence-corrected chi connectivity index (χ3v) is 4.31. The molecule has 1 N–H and O–H groups in total. The van der Waals surface area contributed by atoms with Gasteiger partial charge in [-0.3, -0.25) is 9.69 Å². The molecule has 19 heavy (non-hydrogen) atoms. The first-order chi connectivity index (χ1) is 9.13. The van der Waals surface area contributed by atoms with Crippen LogP contribution in [0.4, 0.5) is 0 Å². The average molecular weight is 276 g/mol. The quantitative estimate of drug-likeness (QED) is 0.841. The number of carbonyl (C=O) groups excluding carboxylic acids is 1. The molecule has 2 heterocycles. The number of thiocarbonyl (C=S) groups is 1. The van der Waals surface area contributed by atoms with E-state index in [4.69, 9.17) is 12.2 Å². The van der Waals surface area contributed by atoms with Gasteiger partial charge in [-0.15, -0.1) is 0 Å². The third kappa shape index (κ3) is 1.93. The van der Waals surface area contributed by atoms with E-state index in [-0.39, 0.29) is 5.91 Å². The Kier molecular flexibility index (Phi) is 3.03. The number of benzene rings is 1. The van der Waals surface area contributed by atoms with Crippen LogP contribution < -0.4 is 0 Å². The van der Waals surface area contributed by atoms with Crippen molar-refractivity contribution >= 4 is 23.2 Å². The van der Waals surface area contributed by atoms with Gasteiger partial charge in [0, 0.05) is 19.5 Å². The van der Waals surface area contributed by atoms with Crippen LogP contribution in [0.2, 0.25) is 0 Å². The van der Waals surface area contributed by atoms with E-state index >= 15 is 0 Å². The Bertz CT molecular complexity index is 519. The van der Waals surface area contributed by atoms with Gasteiger partial charge in [0.15, 0.2) is 5.11 Å². The molecule has 1 aromatic rings. The second-order valence-corrected chi connectivity index (χ2v) is 5.41. The Morgan fingerprint density at radius 1 is 1.32 bits per heavy atom. The molecule has 2 fully saturated rings. The van der Waals surface area contributed by atoms with Crippen molar-refractivity contribution in [1.29, 1.82) is 0 Å². The minimum absolute atomic E-state index is 0.258. The molecule has 3 rings (SSSR count). The summed E-state index contributed by atoms with van der Waals surface area (Å²) in [6.45, 7) is 1.20. The van der Waals surface area contributed by atoms with Crippen molar-refractivity contribution in [2.75, 3.05) is 13.1 Å². The normalized spacial score (nSPS) is 26.2. The summed E-state index contributed by atoms with van der Waals surface area (Å²) in [5, 5.41) is 10.9. The van der Waals surface area contributed by atoms with E-state index in [1.807, 2.05) is 30.3 Å². The maximum atomic E-state index is 12.3. The predicted molar refractivity (Wildman–Crippen MR) is 75.3 cm³/mol. The zero-order valence-electron chi connectivity index (χ0n) is 10.6. The van der Waals surface area contributed by atoms with E-state index in [1.165, 1.54) is 0 Å². The summed E-state index contributed by atoms with van der Waals surface area (Å²) in [5.41, 5.74) is -0.203. The molecule has 5 heteroatoms. The van der Waals surface area contributed by atoms with Crippen molar-refractivity contribution in [2.45, 2.75) is 25.0 Å². The Balaban J connectivity index is 1.73. The molecule has 0 bridgehead atoms. The molecule has 1 atom stereocenters. The molecule has 4 nitrogen and oxygen atoms in total. The fourth-order valence-electron chi connectivity index (χ4n) is 2.81. The number of rotatable bonds is 3. The molecule has 100 valence electrons. The number of fused-ring (bicyclic) bond motifs is 1. The highest BCUT2D eigenvalue weighted by Crippen LogP contribution is 2.35. The van der Waals surface area contributed by atoms with Crippen LogP contribution in [-0.4, -0.2) is 44.7 Å². The predicted octanol–water partition coefficient (Wildman–Crippen LogP) is 1.14. The number of hydrogen-bond donors (Lipinski definition) is 1. The number of carbonyl (C=O) groups is 1. The monoisotopic (exact) mass is 276 g/mol. The van der Waals surface area contributed by atoms with Gasteiger partial charge in [0.25, 0.3) is 5.91 Å². The van der Waals surface area contributed by atoms with Crippen LogP contribution in [0, 0.1) is 0 Å². The lowest BCUT2D eigenvalue weighted by Gasteiger charge is -2.22. The lowest BCUT2D eigenvalue weighted by Crippen LogP contribution is -2.44. The molecular formula is C14H16N2O2S. The SMILES string of the molecule is O=C1N(CCc2ccccc2)C(=S)N2CCC[C@@]12O. The van der Waals surface area contributed by atoms with E-state index in [9.17, 15) is 9.90 Å². The Hall–Kier alpha value is -1.46. The van der Waals surface area contributed by atoms with Gasteiger partial charge in [0.2, 0.25) is 5.72 Å². The summed E-state index contributed by atoms with van der Waals surface area (Å²) in [7, 11) is 0. The highest BCUT2D eigenvalue weighted by Gasteiger charge is 2.56. The van der Waals surface area contributed by atoms with Crippen molar-refractivity contribution in [3.8, 4) is 0 Å². The van der Waals surface area contributed by atoms with Gasteiger partial charge in [-0.05, 0) is 30.6 Å². The zero-order valence-corrected chi connectivity index (χ0v) is 11.4. The summed E-state index contributed by atoms with van der Waals surface area (Å²) < 4.78 is 0. The molecule has 2 aliphatic heterocycles. The summed E-state index contributed by atoms with van der Waals surface area (Å²) in [5.74, 6) is -0.258. The van der Waals surface area contributed by atoms with Gasteiger partial charge in [0.05, 0.1) is 0 Å². The van der Waals surface area contributed by atoms with Crippen molar-refractivity contribution in [3.63, 3.8) is 0 Å². The van der Waals surface area contributed by atoms with Gasteiger partial charge < -0.3 is 10.0 Å². The molecular weight excluding hydrogens is 260 g/mol. The Morgan fingerprint density at radius 2 is 2.05 bits per heavy atom. The highest BCUT2D eigenvalue weighted by atomic mass is 32.1. The van der Waals surface area contributed by atoms with Crippen LogP contribution in [0.15, 0.2) is 30.3 Å². The van der Waals surface area contributed by atoms with Gasteiger partial charge >= 0.3 is 0 Å². The fourth-order valence-corrected chi connectivity index (χ4v) is 3.23. The van der Waals surface area contributed by atoms with Gasteiger partial charge in [-0.25, -0.2) is 0 Å². The van der Waals surface area contributed by atoms with E-state index < -0.39 is 5.72 Å². The van der Waals surface area contributed by atoms with Gasteiger partial charge in [0.1, 0.15) is 0 Å². The standard InChI is InChI=1S/C14H16N2O2S/c17-12-14(18)8-4-9-16(14)13(19)15(12)10-7-11-5-2-1-3-6-11/h1-3,5-6,18H,4,7-10H2/t14-/m1/s1. The Morgan fingerprint density at radius 3 is 2.74 bits per heavy atom. The summed E-state index contributed by atoms with van der Waals surface area (Å²) in [6.07, 6.45) is 2.04. The number of hydrogen-bond acceptors (Lipinski definition) is 3. The minimum Gasteiger partial charge on any atom is -0.363 e. The van der Waals surface area contributed by atoms with Crippen molar-refractivity contribution in [1.82, 2.24) is 9.80 Å². The van der Waals surface area contributed by atoms with Crippen molar-refractivity contribution in [3.05, 3.63) is 35.9 Å². The van der Waals surface area contributed by atoms with Gasteiger partial charge in [-0.1, -0.05) is 30.3 Å². The molecule has 0 spiro atoms.